The van der Waals surface area contributed by atoms with E-state index in [1.54, 1.807) is 24.3 Å². The van der Waals surface area contributed by atoms with E-state index in [1.807, 2.05) is 0 Å². The minimum absolute atomic E-state index is 0.117. The summed E-state index contributed by atoms with van der Waals surface area (Å²) in [5.41, 5.74) is 3.49. The molecule has 1 aromatic carbocycles. The van der Waals surface area contributed by atoms with Crippen molar-refractivity contribution in [1.29, 1.82) is 0 Å². The first-order valence-electron chi connectivity index (χ1n) is 11.6. The van der Waals surface area contributed by atoms with Crippen LogP contribution in [0, 0.1) is 47.3 Å². The lowest BCUT2D eigenvalue weighted by Gasteiger charge is -2.21. The molecule has 7 rings (SSSR count). The zero-order valence-corrected chi connectivity index (χ0v) is 18.0. The number of amides is 4. The maximum Gasteiger partial charge on any atom is 0.238 e. The van der Waals surface area contributed by atoms with Gasteiger partial charge in [-0.15, -0.1) is 0 Å². The van der Waals surface area contributed by atoms with Crippen LogP contribution >= 0.6 is 0 Å². The quantitative estimate of drug-likeness (QED) is 0.536. The monoisotopic (exact) mass is 428 g/mol. The summed E-state index contributed by atoms with van der Waals surface area (Å²) in [6, 6.07) is 6.78. The van der Waals surface area contributed by atoms with Gasteiger partial charge in [0.25, 0.3) is 0 Å². The van der Waals surface area contributed by atoms with E-state index in [9.17, 15) is 19.2 Å². The van der Waals surface area contributed by atoms with Gasteiger partial charge in [-0.2, -0.15) is 0 Å². The lowest BCUT2D eigenvalue weighted by Crippen LogP contribution is -2.34. The highest BCUT2D eigenvalue weighted by atomic mass is 16.2. The van der Waals surface area contributed by atoms with Crippen molar-refractivity contribution in [3.63, 3.8) is 0 Å². The van der Waals surface area contributed by atoms with E-state index in [1.165, 1.54) is 20.9 Å². The third-order valence-electron chi connectivity index (χ3n) is 9.13. The average molecular weight is 428 g/mol. The smallest absolute Gasteiger partial charge is 0.238 e. The zero-order valence-electron chi connectivity index (χ0n) is 18.0. The molecular formula is C26H24N2O4. The van der Waals surface area contributed by atoms with Crippen LogP contribution < -0.4 is 9.80 Å². The highest BCUT2D eigenvalue weighted by Gasteiger charge is 2.62. The highest BCUT2D eigenvalue weighted by Crippen LogP contribution is 2.57. The van der Waals surface area contributed by atoms with Gasteiger partial charge in [-0.25, -0.2) is 0 Å². The van der Waals surface area contributed by atoms with Gasteiger partial charge in [-0.1, -0.05) is 23.3 Å². The minimum atomic E-state index is -0.247. The van der Waals surface area contributed by atoms with E-state index in [4.69, 9.17) is 0 Å². The van der Waals surface area contributed by atoms with Crippen LogP contribution in [0.1, 0.15) is 26.7 Å². The Morgan fingerprint density at radius 3 is 1.31 bits per heavy atom. The molecule has 6 heteroatoms. The van der Waals surface area contributed by atoms with Gasteiger partial charge in [0.05, 0.1) is 35.0 Å². The van der Waals surface area contributed by atoms with Crippen molar-refractivity contribution < 1.29 is 19.2 Å². The lowest BCUT2D eigenvalue weighted by atomic mass is 9.82. The number of allylic oxidation sites excluding steroid dienone is 4. The Morgan fingerprint density at radius 1 is 0.594 bits per heavy atom. The van der Waals surface area contributed by atoms with Crippen molar-refractivity contribution in [3.8, 4) is 0 Å². The number of fused-ring (bicyclic) bond motifs is 10. The molecule has 0 spiro atoms. The molecule has 4 fully saturated rings. The molecule has 2 aliphatic heterocycles. The lowest BCUT2D eigenvalue weighted by molar-refractivity contribution is -0.124. The topological polar surface area (TPSA) is 74.8 Å². The predicted molar refractivity (Wildman–Crippen MR) is 116 cm³/mol. The molecule has 6 aliphatic rings. The van der Waals surface area contributed by atoms with Crippen LogP contribution in [0.5, 0.6) is 0 Å². The Kier molecular flexibility index (Phi) is 3.39. The van der Waals surface area contributed by atoms with Crippen LogP contribution in [0.25, 0.3) is 0 Å². The number of carbonyl (C=O) groups is 4. The zero-order chi connectivity index (χ0) is 22.0. The molecular weight excluding hydrogens is 404 g/mol. The van der Waals surface area contributed by atoms with Gasteiger partial charge in [0.2, 0.25) is 23.6 Å². The van der Waals surface area contributed by atoms with Crippen molar-refractivity contribution in [1.82, 2.24) is 0 Å². The third-order valence-corrected chi connectivity index (χ3v) is 9.13. The summed E-state index contributed by atoms with van der Waals surface area (Å²) in [5.74, 6) is -0.776. The number of benzene rings is 1. The molecule has 0 aromatic heterocycles. The Labute approximate surface area is 185 Å². The number of hydrogen-bond donors (Lipinski definition) is 0. The van der Waals surface area contributed by atoms with Crippen LogP contribution in [-0.4, -0.2) is 23.6 Å². The summed E-state index contributed by atoms with van der Waals surface area (Å²) in [6.07, 6.45) is 6.14. The van der Waals surface area contributed by atoms with Crippen molar-refractivity contribution >= 4 is 35.0 Å². The second-order valence-electron chi connectivity index (χ2n) is 10.5. The predicted octanol–water partition coefficient (Wildman–Crippen LogP) is 3.09. The molecule has 1 aromatic rings. The van der Waals surface area contributed by atoms with Crippen LogP contribution in [0.3, 0.4) is 0 Å². The van der Waals surface area contributed by atoms with Crippen LogP contribution in [0.2, 0.25) is 0 Å². The minimum Gasteiger partial charge on any atom is -0.274 e. The number of rotatable bonds is 2. The van der Waals surface area contributed by atoms with Crippen molar-refractivity contribution in [2.75, 3.05) is 9.80 Å². The first-order chi connectivity index (χ1) is 15.4. The van der Waals surface area contributed by atoms with Crippen molar-refractivity contribution in [2.24, 2.45) is 47.3 Å². The van der Waals surface area contributed by atoms with Gasteiger partial charge < -0.3 is 0 Å². The second-order valence-corrected chi connectivity index (χ2v) is 10.5. The van der Waals surface area contributed by atoms with Crippen molar-refractivity contribution in [2.45, 2.75) is 26.7 Å². The van der Waals surface area contributed by atoms with Gasteiger partial charge in [0.15, 0.2) is 0 Å². The molecule has 4 bridgehead atoms. The van der Waals surface area contributed by atoms with E-state index in [0.717, 1.165) is 12.8 Å². The van der Waals surface area contributed by atoms with E-state index in [2.05, 4.69) is 26.0 Å². The second kappa shape index (κ2) is 5.85. The van der Waals surface area contributed by atoms with Gasteiger partial charge in [-0.05, 0) is 74.6 Å². The Balaban J connectivity index is 1.17. The van der Waals surface area contributed by atoms with Gasteiger partial charge in [0, 0.05) is 0 Å². The number of hydrogen-bond acceptors (Lipinski definition) is 4. The summed E-state index contributed by atoms with van der Waals surface area (Å²) in [5, 5.41) is 0. The fourth-order valence-electron chi connectivity index (χ4n) is 7.81. The van der Waals surface area contributed by atoms with E-state index >= 15 is 0 Å². The summed E-state index contributed by atoms with van der Waals surface area (Å²) in [7, 11) is 0. The third kappa shape index (κ3) is 2.02. The molecule has 162 valence electrons. The number of anilines is 2. The average Bonchev–Trinajstić information content (AvgIpc) is 3.57. The fraction of sp³-hybridized carbons (Fsp3) is 0.462. The number of nitrogens with zero attached hydrogens (tertiary/aromatic N) is 2. The van der Waals surface area contributed by atoms with Crippen LogP contribution in [0.15, 0.2) is 47.6 Å². The summed E-state index contributed by atoms with van der Waals surface area (Å²) >= 11 is 0. The van der Waals surface area contributed by atoms with Gasteiger partial charge in [-0.3, -0.25) is 29.0 Å². The molecule has 32 heavy (non-hydrogen) atoms. The molecule has 0 radical (unpaired) electrons. The standard InChI is InChI=1S/C26H24N2O4/c1-11-7-13-9-17(11)21-19(13)23(29)27(25(21)31)15-3-5-16(6-4-15)28-24(30)20-14-8-12(2)18(10-14)22(20)26(28)32/h3-8,13-14,17-22H,9-10H2,1-2H3/t13-,14-,17+,18+,19+,20+,21-,22-/m0/s1. The number of imide groups is 2. The van der Waals surface area contributed by atoms with Gasteiger partial charge >= 0.3 is 0 Å². The number of carbonyl (C=O) groups excluding carboxylic acids is 4. The van der Waals surface area contributed by atoms with Crippen molar-refractivity contribution in [3.05, 3.63) is 47.6 Å². The SMILES string of the molecule is CC1=C[C@H]2C[C@H]1[C@@H]1C(=O)N(c3ccc(N4C(=O)[C@@H]5[C@H](C4=O)[C@H]4C=C(C)[C@H]5C4)cc3)C(=O)[C@@H]12. The first kappa shape index (κ1) is 18.5. The molecule has 0 unspecified atom stereocenters. The molecule has 4 aliphatic carbocycles. The van der Waals surface area contributed by atoms with Gasteiger partial charge in [0.1, 0.15) is 0 Å². The summed E-state index contributed by atoms with van der Waals surface area (Å²) in [6.45, 7) is 4.11. The first-order valence-corrected chi connectivity index (χ1v) is 11.6. The van der Waals surface area contributed by atoms with E-state index in [0.29, 0.717) is 11.4 Å². The van der Waals surface area contributed by atoms with E-state index < -0.39 is 0 Å². The maximum absolute atomic E-state index is 13.2. The summed E-state index contributed by atoms with van der Waals surface area (Å²) in [4.78, 5) is 55.3. The molecule has 8 atom stereocenters. The highest BCUT2D eigenvalue weighted by molar-refractivity contribution is 6.24. The Hall–Kier alpha value is -3.02. The molecule has 2 saturated heterocycles. The molecule has 2 saturated carbocycles. The largest absolute Gasteiger partial charge is 0.274 e. The Bertz CT molecular complexity index is 1100. The summed E-state index contributed by atoms with van der Waals surface area (Å²) < 4.78 is 0. The van der Waals surface area contributed by atoms with Crippen LogP contribution in [0.4, 0.5) is 11.4 Å². The van der Waals surface area contributed by atoms with E-state index in [-0.39, 0.29) is 71.0 Å². The Morgan fingerprint density at radius 2 is 0.938 bits per heavy atom. The molecule has 4 amide bonds. The normalized spacial score (nSPS) is 41.1. The maximum atomic E-state index is 13.2. The van der Waals surface area contributed by atoms with Crippen LogP contribution in [-0.2, 0) is 19.2 Å². The molecule has 2 heterocycles. The molecule has 6 nitrogen and oxygen atoms in total. The molecule has 0 N–H and O–H groups in total. The fourth-order valence-corrected chi connectivity index (χ4v) is 7.81.